The van der Waals surface area contributed by atoms with Gasteiger partial charge in [0.1, 0.15) is 18.4 Å². The lowest BCUT2D eigenvalue weighted by molar-refractivity contribution is -0.137. The van der Waals surface area contributed by atoms with Crippen LogP contribution in [0.2, 0.25) is 0 Å². The molecule has 0 unspecified atom stereocenters. The molecule has 6 nitrogen and oxygen atoms in total. The van der Waals surface area contributed by atoms with Gasteiger partial charge in [0.2, 0.25) is 5.91 Å². The number of amides is 4. The van der Waals surface area contributed by atoms with E-state index in [9.17, 15) is 18.8 Å². The molecule has 3 rings (SSSR count). The van der Waals surface area contributed by atoms with Crippen LogP contribution in [0.5, 0.6) is 0 Å². The van der Waals surface area contributed by atoms with Gasteiger partial charge in [-0.25, -0.2) is 9.18 Å². The second-order valence-electron chi connectivity index (χ2n) is 6.82. The van der Waals surface area contributed by atoms with Gasteiger partial charge in [0.05, 0.1) is 6.04 Å². The van der Waals surface area contributed by atoms with E-state index < -0.39 is 18.0 Å². The van der Waals surface area contributed by atoms with Gasteiger partial charge in [0.25, 0.3) is 5.91 Å². The lowest BCUT2D eigenvalue weighted by atomic mass is 10.1. The quantitative estimate of drug-likeness (QED) is 0.745. The highest BCUT2D eigenvalue weighted by molar-refractivity contribution is 6.15. The zero-order valence-electron chi connectivity index (χ0n) is 16.0. The van der Waals surface area contributed by atoms with E-state index >= 15 is 0 Å². The molecule has 146 valence electrons. The van der Waals surface area contributed by atoms with E-state index in [1.165, 1.54) is 21.9 Å². The number of imide groups is 1. The predicted octanol–water partition coefficient (Wildman–Crippen LogP) is 3.20. The molecule has 1 heterocycles. The van der Waals surface area contributed by atoms with E-state index in [-0.39, 0.29) is 24.3 Å². The smallest absolute Gasteiger partial charge is 0.332 e. The average molecular weight is 383 g/mol. The van der Waals surface area contributed by atoms with Gasteiger partial charge in [-0.05, 0) is 43.7 Å². The summed E-state index contributed by atoms with van der Waals surface area (Å²) in [5.41, 5.74) is 1.37. The van der Waals surface area contributed by atoms with Crippen molar-refractivity contribution in [1.82, 2.24) is 9.80 Å². The Hall–Kier alpha value is -3.22. The van der Waals surface area contributed by atoms with Crippen molar-refractivity contribution in [2.24, 2.45) is 0 Å². The van der Waals surface area contributed by atoms with Crippen LogP contribution in [-0.4, -0.2) is 47.3 Å². The number of nitrogens with zero attached hydrogens (tertiary/aromatic N) is 3. The lowest BCUT2D eigenvalue weighted by Gasteiger charge is -2.27. The van der Waals surface area contributed by atoms with Crippen LogP contribution in [0.4, 0.5) is 14.9 Å². The first kappa shape index (κ1) is 19.5. The molecule has 0 aromatic heterocycles. The van der Waals surface area contributed by atoms with Crippen LogP contribution < -0.4 is 4.90 Å². The first-order valence-electron chi connectivity index (χ1n) is 9.02. The molecular weight excluding hydrogens is 361 g/mol. The molecule has 2 aromatic carbocycles. The minimum atomic E-state index is -0.678. The van der Waals surface area contributed by atoms with E-state index in [1.807, 2.05) is 6.07 Å². The maximum absolute atomic E-state index is 13.1. The third-order valence-electron chi connectivity index (χ3n) is 5.10. The molecule has 0 bridgehead atoms. The number of hydrogen-bond donors (Lipinski definition) is 0. The van der Waals surface area contributed by atoms with Crippen molar-refractivity contribution >= 4 is 23.5 Å². The van der Waals surface area contributed by atoms with Gasteiger partial charge >= 0.3 is 6.03 Å². The molecule has 4 amide bonds. The molecule has 0 aliphatic carbocycles. The van der Waals surface area contributed by atoms with Gasteiger partial charge in [0, 0.05) is 12.7 Å². The Kier molecular flexibility index (Phi) is 5.44. The number of carbonyl (C=O) groups is 3. The van der Waals surface area contributed by atoms with Crippen LogP contribution in [0.15, 0.2) is 54.6 Å². The number of halogens is 1. The summed E-state index contributed by atoms with van der Waals surface area (Å²) >= 11 is 0. The van der Waals surface area contributed by atoms with E-state index in [2.05, 4.69) is 0 Å². The fraction of sp³-hybridized carbons (Fsp3) is 0.286. The number of urea groups is 1. The van der Waals surface area contributed by atoms with Crippen molar-refractivity contribution in [1.29, 1.82) is 0 Å². The first-order valence-corrected chi connectivity index (χ1v) is 9.02. The van der Waals surface area contributed by atoms with Crippen molar-refractivity contribution in [3.63, 3.8) is 0 Å². The third-order valence-corrected chi connectivity index (χ3v) is 5.10. The molecule has 28 heavy (non-hydrogen) atoms. The number of likely N-dealkylation sites (N-methyl/N-ethyl adjacent to an activating group) is 1. The number of anilines is 1. The second-order valence-corrected chi connectivity index (χ2v) is 6.82. The van der Waals surface area contributed by atoms with Gasteiger partial charge < -0.3 is 4.90 Å². The maximum atomic E-state index is 13.1. The lowest BCUT2D eigenvalue weighted by Crippen LogP contribution is -2.43. The molecule has 0 radical (unpaired) electrons. The summed E-state index contributed by atoms with van der Waals surface area (Å²) in [7, 11) is 1.60. The highest BCUT2D eigenvalue weighted by atomic mass is 19.1. The highest BCUT2D eigenvalue weighted by Gasteiger charge is 2.44. The standard InChI is InChI=1S/C21H22FN3O3/c1-14(16-9-11-17(22)12-10-16)23(3)19(26)13-24-20(27)15(2)25(21(24)28)18-7-5-4-6-8-18/h4-12,14-15H,13H2,1-3H3/t14-,15+/m0/s1. The number of hydrogen-bond acceptors (Lipinski definition) is 3. The van der Waals surface area contributed by atoms with Crippen LogP contribution in [0.25, 0.3) is 0 Å². The molecule has 0 N–H and O–H groups in total. The number of para-hydroxylation sites is 1. The van der Waals surface area contributed by atoms with Crippen LogP contribution in [0.3, 0.4) is 0 Å². The van der Waals surface area contributed by atoms with E-state index in [4.69, 9.17) is 0 Å². The second kappa shape index (κ2) is 7.80. The van der Waals surface area contributed by atoms with E-state index in [0.717, 1.165) is 10.5 Å². The Balaban J connectivity index is 1.73. The number of benzene rings is 2. The van der Waals surface area contributed by atoms with E-state index in [1.54, 1.807) is 57.3 Å². The number of rotatable bonds is 5. The highest BCUT2D eigenvalue weighted by Crippen LogP contribution is 2.26. The average Bonchev–Trinajstić information content (AvgIpc) is 2.91. The van der Waals surface area contributed by atoms with Crippen LogP contribution in [0.1, 0.15) is 25.5 Å². The molecule has 7 heteroatoms. The molecule has 0 saturated carbocycles. The van der Waals surface area contributed by atoms with Gasteiger partial charge in [-0.1, -0.05) is 30.3 Å². The van der Waals surface area contributed by atoms with E-state index in [0.29, 0.717) is 5.69 Å². The molecule has 1 aliphatic rings. The third kappa shape index (κ3) is 3.60. The Bertz CT molecular complexity index is 886. The maximum Gasteiger partial charge on any atom is 0.332 e. The zero-order chi connectivity index (χ0) is 20.4. The summed E-state index contributed by atoms with van der Waals surface area (Å²) in [5, 5.41) is 0. The first-order chi connectivity index (χ1) is 13.3. The summed E-state index contributed by atoms with van der Waals surface area (Å²) < 4.78 is 13.1. The fourth-order valence-electron chi connectivity index (χ4n) is 3.22. The van der Waals surface area contributed by atoms with Crippen molar-refractivity contribution in [3.8, 4) is 0 Å². The van der Waals surface area contributed by atoms with Crippen molar-refractivity contribution < 1.29 is 18.8 Å². The van der Waals surface area contributed by atoms with Crippen LogP contribution >= 0.6 is 0 Å². The minimum absolute atomic E-state index is 0.330. The Morgan fingerprint density at radius 3 is 2.32 bits per heavy atom. The minimum Gasteiger partial charge on any atom is -0.337 e. The van der Waals surface area contributed by atoms with Crippen molar-refractivity contribution in [3.05, 3.63) is 66.0 Å². The van der Waals surface area contributed by atoms with Crippen LogP contribution in [0, 0.1) is 5.82 Å². The molecule has 2 atom stereocenters. The van der Waals surface area contributed by atoms with Gasteiger partial charge in [-0.3, -0.25) is 19.4 Å². The van der Waals surface area contributed by atoms with Crippen molar-refractivity contribution in [2.75, 3.05) is 18.5 Å². The van der Waals surface area contributed by atoms with Gasteiger partial charge in [-0.2, -0.15) is 0 Å². The molecule has 2 aromatic rings. The predicted molar refractivity (Wildman–Crippen MR) is 103 cm³/mol. The summed E-state index contributed by atoms with van der Waals surface area (Å²) in [6.07, 6.45) is 0. The Morgan fingerprint density at radius 2 is 1.71 bits per heavy atom. The largest absolute Gasteiger partial charge is 0.337 e. The molecule has 1 saturated heterocycles. The summed E-state index contributed by atoms with van der Waals surface area (Å²) in [5.74, 6) is -1.14. The van der Waals surface area contributed by atoms with Gasteiger partial charge in [0.15, 0.2) is 0 Å². The summed E-state index contributed by atoms with van der Waals surface area (Å²) in [6.45, 7) is 3.10. The monoisotopic (exact) mass is 383 g/mol. The van der Waals surface area contributed by atoms with Crippen molar-refractivity contribution in [2.45, 2.75) is 25.9 Å². The Labute approximate surface area is 163 Å². The number of carbonyl (C=O) groups excluding carboxylic acids is 3. The topological polar surface area (TPSA) is 60.9 Å². The SMILES string of the molecule is C[C@@H]1C(=O)N(CC(=O)N(C)[C@@H](C)c2ccc(F)cc2)C(=O)N1c1ccccc1. The van der Waals surface area contributed by atoms with Gasteiger partial charge in [-0.15, -0.1) is 0 Å². The molecule has 1 aliphatic heterocycles. The normalized spacial score (nSPS) is 17.8. The van der Waals surface area contributed by atoms with Crippen LogP contribution in [-0.2, 0) is 9.59 Å². The molecule has 1 fully saturated rings. The Morgan fingerprint density at radius 1 is 1.11 bits per heavy atom. The molecule has 0 spiro atoms. The summed E-state index contributed by atoms with van der Waals surface area (Å²) in [6, 6.07) is 13.2. The molecular formula is C21H22FN3O3. The zero-order valence-corrected chi connectivity index (χ0v) is 16.0. The fourth-order valence-corrected chi connectivity index (χ4v) is 3.22. The summed E-state index contributed by atoms with van der Waals surface area (Å²) in [4.78, 5) is 41.9.